The van der Waals surface area contributed by atoms with E-state index >= 15 is 0 Å². The monoisotopic (exact) mass is 195 g/mol. The van der Waals surface area contributed by atoms with Gasteiger partial charge in [0.1, 0.15) is 0 Å². The molecule has 0 saturated carbocycles. The molecule has 0 aliphatic heterocycles. The van der Waals surface area contributed by atoms with Crippen LogP contribution >= 0.6 is 0 Å². The maximum absolute atomic E-state index is 11.3. The molecule has 0 amide bonds. The number of hydrogen-bond donors (Lipinski definition) is 2. The number of aliphatic hydroxyl groups excluding tert-OH is 1. The molecule has 0 spiro atoms. The molecule has 0 aliphatic carbocycles. The Labute approximate surface area is 82.3 Å². The van der Waals surface area contributed by atoms with E-state index in [9.17, 15) is 4.79 Å². The summed E-state index contributed by atoms with van der Waals surface area (Å²) in [6.07, 6.45) is 0. The third-order valence-electron chi connectivity index (χ3n) is 1.96. The van der Waals surface area contributed by atoms with Crippen molar-refractivity contribution in [3.63, 3.8) is 0 Å². The van der Waals surface area contributed by atoms with Crippen molar-refractivity contribution in [2.75, 3.05) is 13.7 Å². The molecule has 1 atom stereocenters. The first-order chi connectivity index (χ1) is 6.70. The van der Waals surface area contributed by atoms with E-state index in [4.69, 9.17) is 10.8 Å². The average Bonchev–Trinajstić information content (AvgIpc) is 2.27. The van der Waals surface area contributed by atoms with Gasteiger partial charge in [-0.1, -0.05) is 18.2 Å². The molecule has 0 heterocycles. The van der Waals surface area contributed by atoms with Gasteiger partial charge in [0, 0.05) is 0 Å². The molecule has 1 rings (SSSR count). The van der Waals surface area contributed by atoms with Gasteiger partial charge in [-0.05, 0) is 11.6 Å². The van der Waals surface area contributed by atoms with Gasteiger partial charge in [-0.15, -0.1) is 0 Å². The fourth-order valence-electron chi connectivity index (χ4n) is 1.21. The molecular weight excluding hydrogens is 182 g/mol. The number of hydrogen-bond acceptors (Lipinski definition) is 4. The first-order valence-electron chi connectivity index (χ1n) is 4.24. The van der Waals surface area contributed by atoms with Crippen LogP contribution < -0.4 is 5.73 Å². The SMILES string of the molecule is COC(=O)c1ccccc1[C@@H](N)CO. The molecule has 14 heavy (non-hydrogen) atoms. The Bertz CT molecular complexity index is 325. The van der Waals surface area contributed by atoms with Crippen LogP contribution in [0.3, 0.4) is 0 Å². The Morgan fingerprint density at radius 2 is 2.21 bits per heavy atom. The second kappa shape index (κ2) is 4.74. The molecule has 1 aromatic carbocycles. The van der Waals surface area contributed by atoms with E-state index in [0.29, 0.717) is 11.1 Å². The number of carbonyl (C=O) groups is 1. The quantitative estimate of drug-likeness (QED) is 0.687. The standard InChI is InChI=1S/C10H13NO3/c1-14-10(13)8-5-3-2-4-7(8)9(11)6-12/h2-5,9,12H,6,11H2,1H3/t9-/m0/s1. The van der Waals surface area contributed by atoms with Crippen LogP contribution in [0.1, 0.15) is 22.0 Å². The first kappa shape index (κ1) is 10.7. The molecule has 76 valence electrons. The minimum atomic E-state index is -0.551. The number of ether oxygens (including phenoxy) is 1. The number of methoxy groups -OCH3 is 1. The Morgan fingerprint density at radius 3 is 2.79 bits per heavy atom. The number of esters is 1. The highest BCUT2D eigenvalue weighted by molar-refractivity contribution is 5.91. The molecule has 4 nitrogen and oxygen atoms in total. The summed E-state index contributed by atoms with van der Waals surface area (Å²) in [5, 5.41) is 8.89. The van der Waals surface area contributed by atoms with Crippen molar-refractivity contribution < 1.29 is 14.6 Å². The summed E-state index contributed by atoms with van der Waals surface area (Å²) in [5.74, 6) is -0.440. The normalized spacial score (nSPS) is 12.2. The molecule has 0 bridgehead atoms. The predicted molar refractivity (Wildman–Crippen MR) is 51.8 cm³/mol. The Kier molecular flexibility index (Phi) is 3.62. The van der Waals surface area contributed by atoms with E-state index in [1.54, 1.807) is 24.3 Å². The van der Waals surface area contributed by atoms with Crippen molar-refractivity contribution in [1.82, 2.24) is 0 Å². The van der Waals surface area contributed by atoms with E-state index < -0.39 is 12.0 Å². The molecule has 0 radical (unpaired) electrons. The van der Waals surface area contributed by atoms with E-state index in [1.165, 1.54) is 7.11 Å². The van der Waals surface area contributed by atoms with Crippen LogP contribution in [-0.2, 0) is 4.74 Å². The lowest BCUT2D eigenvalue weighted by Gasteiger charge is -2.12. The Hall–Kier alpha value is -1.39. The largest absolute Gasteiger partial charge is 0.465 e. The van der Waals surface area contributed by atoms with Crippen LogP contribution in [-0.4, -0.2) is 24.8 Å². The van der Waals surface area contributed by atoms with Crippen molar-refractivity contribution >= 4 is 5.97 Å². The Balaban J connectivity index is 3.09. The molecule has 1 aromatic rings. The minimum absolute atomic E-state index is 0.200. The third-order valence-corrected chi connectivity index (χ3v) is 1.96. The van der Waals surface area contributed by atoms with Crippen LogP contribution in [0.2, 0.25) is 0 Å². The highest BCUT2D eigenvalue weighted by atomic mass is 16.5. The summed E-state index contributed by atoms with van der Waals surface area (Å²) in [5.41, 5.74) is 6.63. The second-order valence-corrected chi connectivity index (χ2v) is 2.87. The maximum Gasteiger partial charge on any atom is 0.338 e. The molecular formula is C10H13NO3. The van der Waals surface area contributed by atoms with Crippen LogP contribution in [0.4, 0.5) is 0 Å². The lowest BCUT2D eigenvalue weighted by molar-refractivity contribution is 0.0598. The van der Waals surface area contributed by atoms with Crippen molar-refractivity contribution in [1.29, 1.82) is 0 Å². The maximum atomic E-state index is 11.3. The summed E-state index contributed by atoms with van der Waals surface area (Å²) in [6.45, 7) is -0.200. The van der Waals surface area contributed by atoms with Crippen LogP contribution in [0.25, 0.3) is 0 Å². The molecule has 4 heteroatoms. The van der Waals surface area contributed by atoms with Crippen molar-refractivity contribution in [2.24, 2.45) is 5.73 Å². The molecule has 0 aromatic heterocycles. The number of nitrogens with two attached hydrogens (primary N) is 1. The minimum Gasteiger partial charge on any atom is -0.465 e. The number of rotatable bonds is 3. The molecule has 3 N–H and O–H groups in total. The summed E-state index contributed by atoms with van der Waals surface area (Å²) in [4.78, 5) is 11.3. The number of benzene rings is 1. The van der Waals surface area contributed by atoms with Gasteiger partial charge in [0.15, 0.2) is 0 Å². The smallest absolute Gasteiger partial charge is 0.338 e. The van der Waals surface area contributed by atoms with E-state index in [-0.39, 0.29) is 6.61 Å². The zero-order chi connectivity index (χ0) is 10.6. The highest BCUT2D eigenvalue weighted by Gasteiger charge is 2.15. The van der Waals surface area contributed by atoms with Crippen molar-refractivity contribution in [2.45, 2.75) is 6.04 Å². The fraction of sp³-hybridized carbons (Fsp3) is 0.300. The zero-order valence-electron chi connectivity index (χ0n) is 7.93. The van der Waals surface area contributed by atoms with Crippen LogP contribution in [0.5, 0.6) is 0 Å². The van der Waals surface area contributed by atoms with Crippen LogP contribution in [0, 0.1) is 0 Å². The van der Waals surface area contributed by atoms with Crippen LogP contribution in [0.15, 0.2) is 24.3 Å². The van der Waals surface area contributed by atoms with E-state index in [0.717, 1.165) is 0 Å². The van der Waals surface area contributed by atoms with Gasteiger partial charge >= 0.3 is 5.97 Å². The molecule has 0 unspecified atom stereocenters. The average molecular weight is 195 g/mol. The Morgan fingerprint density at radius 1 is 1.57 bits per heavy atom. The van der Waals surface area contributed by atoms with E-state index in [2.05, 4.69) is 4.74 Å². The summed E-state index contributed by atoms with van der Waals surface area (Å²) in [7, 11) is 1.31. The summed E-state index contributed by atoms with van der Waals surface area (Å²) < 4.78 is 4.60. The fourth-order valence-corrected chi connectivity index (χ4v) is 1.21. The topological polar surface area (TPSA) is 72.5 Å². The third kappa shape index (κ3) is 2.10. The van der Waals surface area contributed by atoms with Gasteiger partial charge in [-0.3, -0.25) is 0 Å². The first-order valence-corrected chi connectivity index (χ1v) is 4.24. The van der Waals surface area contributed by atoms with Gasteiger partial charge in [0.05, 0.1) is 25.3 Å². The highest BCUT2D eigenvalue weighted by Crippen LogP contribution is 2.16. The lowest BCUT2D eigenvalue weighted by atomic mass is 10.0. The molecule has 0 aliphatic rings. The predicted octanol–water partition coefficient (Wildman–Crippen LogP) is 0.465. The van der Waals surface area contributed by atoms with Gasteiger partial charge < -0.3 is 15.6 Å². The van der Waals surface area contributed by atoms with Crippen molar-refractivity contribution in [3.8, 4) is 0 Å². The van der Waals surface area contributed by atoms with Gasteiger partial charge in [0.2, 0.25) is 0 Å². The van der Waals surface area contributed by atoms with Gasteiger partial charge in [-0.2, -0.15) is 0 Å². The summed E-state index contributed by atoms with van der Waals surface area (Å²) >= 11 is 0. The molecule has 0 saturated heterocycles. The number of aliphatic hydroxyl groups is 1. The van der Waals surface area contributed by atoms with Gasteiger partial charge in [-0.25, -0.2) is 4.79 Å². The summed E-state index contributed by atoms with van der Waals surface area (Å²) in [6, 6.07) is 6.26. The number of carbonyl (C=O) groups excluding carboxylic acids is 1. The van der Waals surface area contributed by atoms with Crippen molar-refractivity contribution in [3.05, 3.63) is 35.4 Å². The second-order valence-electron chi connectivity index (χ2n) is 2.87. The zero-order valence-corrected chi connectivity index (χ0v) is 7.93. The van der Waals surface area contributed by atoms with Gasteiger partial charge in [0.25, 0.3) is 0 Å². The van der Waals surface area contributed by atoms with E-state index in [1.807, 2.05) is 0 Å². The molecule has 0 fully saturated rings. The lowest BCUT2D eigenvalue weighted by Crippen LogP contribution is -2.18.